The van der Waals surface area contributed by atoms with Gasteiger partial charge in [-0.1, -0.05) is 41.4 Å². The van der Waals surface area contributed by atoms with Crippen LogP contribution >= 0.6 is 15.9 Å². The normalized spacial score (nSPS) is 14.8. The van der Waals surface area contributed by atoms with Crippen LogP contribution in [0.25, 0.3) is 0 Å². The van der Waals surface area contributed by atoms with Crippen molar-refractivity contribution < 1.29 is 4.39 Å². The first kappa shape index (κ1) is 13.7. The van der Waals surface area contributed by atoms with Crippen molar-refractivity contribution in [3.05, 3.63) is 33.8 Å². The van der Waals surface area contributed by atoms with E-state index in [2.05, 4.69) is 28.2 Å². The Kier molecular flexibility index (Phi) is 4.93. The van der Waals surface area contributed by atoms with E-state index in [9.17, 15) is 4.39 Å². The summed E-state index contributed by atoms with van der Waals surface area (Å²) in [7, 11) is 1.76. The molecule has 90 valence electrons. The average molecular weight is 288 g/mol. The van der Waals surface area contributed by atoms with Crippen molar-refractivity contribution in [2.75, 3.05) is 13.6 Å². The molecule has 0 bridgehead atoms. The van der Waals surface area contributed by atoms with Crippen molar-refractivity contribution in [1.82, 2.24) is 5.32 Å². The SMILES string of the molecule is CCCc1ccc(C(C)(F)CNC)cc1Br. The second kappa shape index (κ2) is 5.78. The van der Waals surface area contributed by atoms with Gasteiger partial charge in [0.15, 0.2) is 0 Å². The van der Waals surface area contributed by atoms with E-state index in [0.717, 1.165) is 17.3 Å². The first-order valence-corrected chi connectivity index (χ1v) is 6.43. The molecule has 0 saturated carbocycles. The summed E-state index contributed by atoms with van der Waals surface area (Å²) in [4.78, 5) is 0. The minimum atomic E-state index is -1.32. The third-order valence-electron chi connectivity index (χ3n) is 2.68. The average Bonchev–Trinajstić information content (AvgIpc) is 2.21. The lowest BCUT2D eigenvalue weighted by molar-refractivity contribution is 0.190. The van der Waals surface area contributed by atoms with Crippen LogP contribution in [0, 0.1) is 0 Å². The van der Waals surface area contributed by atoms with E-state index in [-0.39, 0.29) is 0 Å². The molecule has 0 aliphatic rings. The van der Waals surface area contributed by atoms with E-state index in [1.165, 1.54) is 5.56 Å². The highest BCUT2D eigenvalue weighted by Crippen LogP contribution is 2.29. The smallest absolute Gasteiger partial charge is 0.145 e. The Morgan fingerprint density at radius 3 is 2.62 bits per heavy atom. The molecule has 1 N–H and O–H groups in total. The molecule has 0 amide bonds. The molecule has 0 saturated heterocycles. The van der Waals surface area contributed by atoms with Gasteiger partial charge in [-0.3, -0.25) is 0 Å². The van der Waals surface area contributed by atoms with Crippen LogP contribution in [-0.4, -0.2) is 13.6 Å². The number of hydrogen-bond acceptors (Lipinski definition) is 1. The standard InChI is InChI=1S/C13H19BrFN/c1-4-5-10-6-7-11(8-12(10)14)13(2,15)9-16-3/h6-8,16H,4-5,9H2,1-3H3. The maximum Gasteiger partial charge on any atom is 0.145 e. The minimum absolute atomic E-state index is 0.326. The van der Waals surface area contributed by atoms with Crippen LogP contribution in [0.15, 0.2) is 22.7 Å². The quantitative estimate of drug-likeness (QED) is 0.869. The van der Waals surface area contributed by atoms with Crippen LogP contribution < -0.4 is 5.32 Å². The van der Waals surface area contributed by atoms with E-state index in [1.54, 1.807) is 14.0 Å². The van der Waals surface area contributed by atoms with Crippen molar-refractivity contribution in [3.63, 3.8) is 0 Å². The number of benzene rings is 1. The summed E-state index contributed by atoms with van der Waals surface area (Å²) in [6, 6.07) is 5.78. The highest BCUT2D eigenvalue weighted by molar-refractivity contribution is 9.10. The van der Waals surface area contributed by atoms with E-state index in [0.29, 0.717) is 12.1 Å². The fourth-order valence-corrected chi connectivity index (χ4v) is 2.35. The lowest BCUT2D eigenvalue weighted by atomic mass is 9.96. The molecule has 0 radical (unpaired) electrons. The monoisotopic (exact) mass is 287 g/mol. The van der Waals surface area contributed by atoms with Crippen LogP contribution in [0.1, 0.15) is 31.4 Å². The van der Waals surface area contributed by atoms with Crippen LogP contribution in [0.2, 0.25) is 0 Å². The van der Waals surface area contributed by atoms with Gasteiger partial charge in [-0.15, -0.1) is 0 Å². The number of nitrogens with one attached hydrogen (secondary N) is 1. The molecule has 1 aromatic rings. The van der Waals surface area contributed by atoms with Crippen LogP contribution in [-0.2, 0) is 12.1 Å². The van der Waals surface area contributed by atoms with Gasteiger partial charge in [0, 0.05) is 11.0 Å². The topological polar surface area (TPSA) is 12.0 Å². The van der Waals surface area contributed by atoms with Gasteiger partial charge < -0.3 is 5.32 Å². The Bertz CT molecular complexity index is 350. The first-order chi connectivity index (χ1) is 7.51. The summed E-state index contributed by atoms with van der Waals surface area (Å²) in [5.74, 6) is 0. The van der Waals surface area contributed by atoms with Crippen molar-refractivity contribution in [1.29, 1.82) is 0 Å². The first-order valence-electron chi connectivity index (χ1n) is 5.63. The molecule has 1 unspecified atom stereocenters. The molecule has 0 heterocycles. The van der Waals surface area contributed by atoms with Crippen LogP contribution in [0.5, 0.6) is 0 Å². The van der Waals surface area contributed by atoms with Gasteiger partial charge in [0.2, 0.25) is 0 Å². The van der Waals surface area contributed by atoms with E-state index < -0.39 is 5.67 Å². The molecule has 0 fully saturated rings. The number of halogens is 2. The number of alkyl halides is 1. The van der Waals surface area contributed by atoms with Crippen molar-refractivity contribution in [2.45, 2.75) is 32.4 Å². The Balaban J connectivity index is 2.96. The van der Waals surface area contributed by atoms with E-state index >= 15 is 0 Å². The summed E-state index contributed by atoms with van der Waals surface area (Å²) in [6.07, 6.45) is 2.12. The summed E-state index contributed by atoms with van der Waals surface area (Å²) in [5.41, 5.74) is 0.641. The Hall–Kier alpha value is -0.410. The molecule has 0 aliphatic carbocycles. The zero-order chi connectivity index (χ0) is 12.2. The number of aryl methyl sites for hydroxylation is 1. The van der Waals surface area contributed by atoms with Crippen LogP contribution in [0.3, 0.4) is 0 Å². The van der Waals surface area contributed by atoms with Crippen molar-refractivity contribution in [2.24, 2.45) is 0 Å². The molecule has 1 nitrogen and oxygen atoms in total. The molecule has 0 spiro atoms. The molecule has 0 aliphatic heterocycles. The Morgan fingerprint density at radius 2 is 2.12 bits per heavy atom. The zero-order valence-corrected chi connectivity index (χ0v) is 11.7. The highest BCUT2D eigenvalue weighted by Gasteiger charge is 2.25. The molecular weight excluding hydrogens is 269 g/mol. The van der Waals surface area contributed by atoms with E-state index in [1.807, 2.05) is 18.2 Å². The maximum atomic E-state index is 14.2. The van der Waals surface area contributed by atoms with Crippen molar-refractivity contribution >= 4 is 15.9 Å². The Morgan fingerprint density at radius 1 is 1.44 bits per heavy atom. The van der Waals surface area contributed by atoms with Gasteiger partial charge >= 0.3 is 0 Å². The predicted molar refractivity (Wildman–Crippen MR) is 70.5 cm³/mol. The van der Waals surface area contributed by atoms with Gasteiger partial charge in [0.05, 0.1) is 0 Å². The second-order valence-corrected chi connectivity index (χ2v) is 5.14. The summed E-state index contributed by atoms with van der Waals surface area (Å²) >= 11 is 3.50. The largest absolute Gasteiger partial charge is 0.316 e. The fraction of sp³-hybridized carbons (Fsp3) is 0.538. The third kappa shape index (κ3) is 3.29. The molecular formula is C13H19BrFN. The number of rotatable bonds is 5. The number of likely N-dealkylation sites (N-methyl/N-ethyl adjacent to an activating group) is 1. The van der Waals surface area contributed by atoms with Crippen molar-refractivity contribution in [3.8, 4) is 0 Å². The van der Waals surface area contributed by atoms with Gasteiger partial charge in [0.25, 0.3) is 0 Å². The summed E-state index contributed by atoms with van der Waals surface area (Å²) < 4.78 is 15.2. The highest BCUT2D eigenvalue weighted by atomic mass is 79.9. The third-order valence-corrected chi connectivity index (χ3v) is 3.42. The lowest BCUT2D eigenvalue weighted by Crippen LogP contribution is -2.29. The summed E-state index contributed by atoms with van der Waals surface area (Å²) in [6.45, 7) is 4.07. The zero-order valence-electron chi connectivity index (χ0n) is 10.1. The maximum absolute atomic E-state index is 14.2. The fourth-order valence-electron chi connectivity index (χ4n) is 1.78. The molecule has 3 heteroatoms. The predicted octanol–water partition coefficient (Wildman–Crippen LogP) is 3.81. The summed E-state index contributed by atoms with van der Waals surface area (Å²) in [5, 5.41) is 2.88. The molecule has 1 rings (SSSR count). The number of hydrogen-bond donors (Lipinski definition) is 1. The van der Waals surface area contributed by atoms with Gasteiger partial charge in [0.1, 0.15) is 5.67 Å². The van der Waals surface area contributed by atoms with Crippen LogP contribution in [0.4, 0.5) is 4.39 Å². The lowest BCUT2D eigenvalue weighted by Gasteiger charge is -2.21. The molecule has 1 atom stereocenters. The van der Waals surface area contributed by atoms with E-state index in [4.69, 9.17) is 0 Å². The van der Waals surface area contributed by atoms with Gasteiger partial charge in [-0.2, -0.15) is 0 Å². The van der Waals surface area contributed by atoms with Gasteiger partial charge in [-0.25, -0.2) is 4.39 Å². The second-order valence-electron chi connectivity index (χ2n) is 4.28. The molecule has 1 aromatic carbocycles. The minimum Gasteiger partial charge on any atom is -0.316 e. The molecule has 0 aromatic heterocycles. The van der Waals surface area contributed by atoms with Gasteiger partial charge in [-0.05, 0) is 37.6 Å². The Labute approximate surface area is 106 Å². The molecule has 16 heavy (non-hydrogen) atoms.